The highest BCUT2D eigenvalue weighted by atomic mass is 19.4. The van der Waals surface area contributed by atoms with Gasteiger partial charge in [-0.15, -0.1) is 13.2 Å². The number of rotatable bonds is 11. The van der Waals surface area contributed by atoms with Crippen molar-refractivity contribution in [2.45, 2.75) is 19.2 Å². The van der Waals surface area contributed by atoms with Crippen LogP contribution in [-0.2, 0) is 15.9 Å². The van der Waals surface area contributed by atoms with E-state index in [0.717, 1.165) is 18.5 Å². The number of nitrogens with one attached hydrogen (secondary N) is 2. The summed E-state index contributed by atoms with van der Waals surface area (Å²) in [5.74, 6) is 0.443. The Morgan fingerprint density at radius 3 is 2.35 bits per heavy atom. The molecule has 0 atom stereocenters. The minimum Gasteiger partial charge on any atom is -0.406 e. The Bertz CT molecular complexity index is 522. The maximum absolute atomic E-state index is 12.1. The Kier molecular flexibility index (Phi) is 10.5. The first kappa shape index (κ1) is 22.0. The number of halogens is 3. The highest BCUT2D eigenvalue weighted by Gasteiger charge is 2.30. The predicted molar refractivity (Wildman–Crippen MR) is 93.5 cm³/mol. The summed E-state index contributed by atoms with van der Waals surface area (Å²) in [4.78, 5) is 4.11. The van der Waals surface area contributed by atoms with Crippen molar-refractivity contribution >= 4 is 5.96 Å². The Morgan fingerprint density at radius 1 is 1.04 bits per heavy atom. The summed E-state index contributed by atoms with van der Waals surface area (Å²) < 4.78 is 50.4. The molecule has 0 aliphatic rings. The molecule has 0 aliphatic carbocycles. The van der Waals surface area contributed by atoms with Gasteiger partial charge < -0.3 is 24.8 Å². The third kappa shape index (κ3) is 10.8. The van der Waals surface area contributed by atoms with Gasteiger partial charge in [-0.1, -0.05) is 12.1 Å². The summed E-state index contributed by atoms with van der Waals surface area (Å²) in [6.07, 6.45) is -3.19. The first-order chi connectivity index (χ1) is 12.4. The topological polar surface area (TPSA) is 64.1 Å². The van der Waals surface area contributed by atoms with Crippen LogP contribution in [0.3, 0.4) is 0 Å². The Hall–Kier alpha value is -2.00. The molecule has 0 aliphatic heterocycles. The van der Waals surface area contributed by atoms with Gasteiger partial charge in [0.25, 0.3) is 0 Å². The Labute approximate surface area is 151 Å². The number of aliphatic imine (C=N–C) groups is 1. The fraction of sp³-hybridized carbons (Fsp3) is 0.588. The number of nitrogens with zero attached hydrogens (tertiary/aromatic N) is 1. The molecular formula is C17H26F3N3O3. The van der Waals surface area contributed by atoms with Gasteiger partial charge in [0, 0.05) is 33.9 Å². The van der Waals surface area contributed by atoms with E-state index in [1.807, 2.05) is 0 Å². The van der Waals surface area contributed by atoms with Crippen molar-refractivity contribution in [3.05, 3.63) is 29.8 Å². The van der Waals surface area contributed by atoms with Crippen LogP contribution in [0.4, 0.5) is 13.2 Å². The number of alkyl halides is 3. The SMILES string of the molecule is CN=C(NCCCOCCOC)NCCc1ccc(OC(F)(F)F)cc1. The molecule has 0 radical (unpaired) electrons. The molecule has 1 rings (SSSR count). The maximum atomic E-state index is 12.1. The minimum atomic E-state index is -4.67. The molecule has 0 saturated heterocycles. The van der Waals surface area contributed by atoms with Crippen LogP contribution < -0.4 is 15.4 Å². The van der Waals surface area contributed by atoms with Crippen molar-refractivity contribution in [3.8, 4) is 5.75 Å². The fourth-order valence-corrected chi connectivity index (χ4v) is 2.03. The molecule has 0 aromatic heterocycles. The van der Waals surface area contributed by atoms with Crippen molar-refractivity contribution < 1.29 is 27.4 Å². The second kappa shape index (κ2) is 12.4. The standard InChI is InChI=1S/C17H26F3N3O3/c1-21-16(22-9-3-11-25-13-12-24-2)23-10-8-14-4-6-15(7-5-14)26-17(18,19)20/h4-7H,3,8-13H2,1-2H3,(H2,21,22,23). The quantitative estimate of drug-likeness (QED) is 0.352. The average molecular weight is 377 g/mol. The Morgan fingerprint density at radius 2 is 1.73 bits per heavy atom. The van der Waals surface area contributed by atoms with Crippen molar-refractivity contribution in [1.29, 1.82) is 0 Å². The summed E-state index contributed by atoms with van der Waals surface area (Å²) in [7, 11) is 3.30. The van der Waals surface area contributed by atoms with Gasteiger partial charge in [0.2, 0.25) is 0 Å². The van der Waals surface area contributed by atoms with Gasteiger partial charge in [0.15, 0.2) is 5.96 Å². The van der Waals surface area contributed by atoms with Crippen molar-refractivity contribution in [2.24, 2.45) is 4.99 Å². The third-order valence-corrected chi connectivity index (χ3v) is 3.28. The van der Waals surface area contributed by atoms with Crippen LogP contribution in [0.2, 0.25) is 0 Å². The molecule has 9 heteroatoms. The number of benzene rings is 1. The number of hydrogen-bond acceptors (Lipinski definition) is 4. The first-order valence-electron chi connectivity index (χ1n) is 8.30. The summed E-state index contributed by atoms with van der Waals surface area (Å²) >= 11 is 0. The highest BCUT2D eigenvalue weighted by Crippen LogP contribution is 2.22. The van der Waals surface area contributed by atoms with Crippen LogP contribution in [0, 0.1) is 0 Å². The van der Waals surface area contributed by atoms with Gasteiger partial charge in [-0.3, -0.25) is 4.99 Å². The van der Waals surface area contributed by atoms with Crippen molar-refractivity contribution in [3.63, 3.8) is 0 Å². The van der Waals surface area contributed by atoms with E-state index in [-0.39, 0.29) is 5.75 Å². The average Bonchev–Trinajstić information content (AvgIpc) is 2.59. The molecule has 0 unspecified atom stereocenters. The predicted octanol–water partition coefficient (Wildman–Crippen LogP) is 2.35. The molecule has 1 aromatic rings. The van der Waals surface area contributed by atoms with E-state index in [9.17, 15) is 13.2 Å². The van der Waals surface area contributed by atoms with E-state index < -0.39 is 6.36 Å². The molecule has 0 heterocycles. The van der Waals surface area contributed by atoms with E-state index in [0.29, 0.717) is 38.7 Å². The molecular weight excluding hydrogens is 351 g/mol. The van der Waals surface area contributed by atoms with Gasteiger partial charge in [0.1, 0.15) is 5.75 Å². The number of methoxy groups -OCH3 is 1. The van der Waals surface area contributed by atoms with Crippen LogP contribution >= 0.6 is 0 Å². The van der Waals surface area contributed by atoms with E-state index in [4.69, 9.17) is 9.47 Å². The molecule has 6 nitrogen and oxygen atoms in total. The highest BCUT2D eigenvalue weighted by molar-refractivity contribution is 5.79. The van der Waals surface area contributed by atoms with Gasteiger partial charge in [-0.2, -0.15) is 0 Å². The molecule has 2 N–H and O–H groups in total. The van der Waals surface area contributed by atoms with Gasteiger partial charge in [-0.05, 0) is 30.5 Å². The number of ether oxygens (including phenoxy) is 3. The summed E-state index contributed by atoms with van der Waals surface area (Å²) in [5, 5.41) is 6.31. The molecule has 0 saturated carbocycles. The van der Waals surface area contributed by atoms with Gasteiger partial charge >= 0.3 is 6.36 Å². The zero-order chi connectivity index (χ0) is 19.3. The molecule has 1 aromatic carbocycles. The van der Waals surface area contributed by atoms with Crippen LogP contribution in [0.5, 0.6) is 5.75 Å². The van der Waals surface area contributed by atoms with Gasteiger partial charge in [0.05, 0.1) is 13.2 Å². The van der Waals surface area contributed by atoms with E-state index in [1.165, 1.54) is 12.1 Å². The zero-order valence-corrected chi connectivity index (χ0v) is 15.1. The van der Waals surface area contributed by atoms with E-state index in [2.05, 4.69) is 20.4 Å². The van der Waals surface area contributed by atoms with Gasteiger partial charge in [-0.25, -0.2) is 0 Å². The zero-order valence-electron chi connectivity index (χ0n) is 15.1. The van der Waals surface area contributed by atoms with Crippen LogP contribution in [-0.4, -0.2) is 59.4 Å². The van der Waals surface area contributed by atoms with Crippen LogP contribution in [0.1, 0.15) is 12.0 Å². The third-order valence-electron chi connectivity index (χ3n) is 3.28. The molecule has 0 spiro atoms. The lowest BCUT2D eigenvalue weighted by Gasteiger charge is -2.12. The molecule has 0 fully saturated rings. The first-order valence-corrected chi connectivity index (χ1v) is 8.30. The number of guanidine groups is 1. The summed E-state index contributed by atoms with van der Waals surface area (Å²) in [6, 6.07) is 5.82. The molecule has 0 amide bonds. The van der Waals surface area contributed by atoms with Crippen molar-refractivity contribution in [2.75, 3.05) is 47.1 Å². The minimum absolute atomic E-state index is 0.223. The van der Waals surface area contributed by atoms with Crippen molar-refractivity contribution in [1.82, 2.24) is 10.6 Å². The lowest BCUT2D eigenvalue weighted by atomic mass is 10.1. The number of hydrogen-bond donors (Lipinski definition) is 2. The summed E-state index contributed by atoms with van der Waals surface area (Å²) in [5.41, 5.74) is 0.897. The lowest BCUT2D eigenvalue weighted by molar-refractivity contribution is -0.274. The second-order valence-electron chi connectivity index (χ2n) is 5.33. The smallest absolute Gasteiger partial charge is 0.406 e. The maximum Gasteiger partial charge on any atom is 0.573 e. The normalized spacial score (nSPS) is 12.1. The molecule has 0 bridgehead atoms. The van der Waals surface area contributed by atoms with E-state index >= 15 is 0 Å². The lowest BCUT2D eigenvalue weighted by Crippen LogP contribution is -2.39. The fourth-order valence-electron chi connectivity index (χ4n) is 2.03. The second-order valence-corrected chi connectivity index (χ2v) is 5.33. The van der Waals surface area contributed by atoms with Crippen LogP contribution in [0.15, 0.2) is 29.3 Å². The Balaban J connectivity index is 2.20. The van der Waals surface area contributed by atoms with Crippen LogP contribution in [0.25, 0.3) is 0 Å². The molecule has 26 heavy (non-hydrogen) atoms. The molecule has 148 valence electrons. The largest absolute Gasteiger partial charge is 0.573 e. The van der Waals surface area contributed by atoms with E-state index in [1.54, 1.807) is 26.3 Å². The summed E-state index contributed by atoms with van der Waals surface area (Å²) in [6.45, 7) is 3.12. The monoisotopic (exact) mass is 377 g/mol.